The Hall–Kier alpha value is -2.98. The minimum atomic E-state index is -1.40. The molecule has 0 aromatic heterocycles. The van der Waals surface area contributed by atoms with E-state index in [4.69, 9.17) is 28.4 Å². The molecule has 0 saturated carbocycles. The van der Waals surface area contributed by atoms with E-state index < -0.39 is 54.6 Å². The highest BCUT2D eigenvalue weighted by atomic mass is 16.7. The predicted octanol–water partition coefficient (Wildman–Crippen LogP) is 1.29. The lowest BCUT2D eigenvalue weighted by Crippen LogP contribution is -2.63. The molecule has 1 aromatic carbocycles. The fourth-order valence-electron chi connectivity index (χ4n) is 3.11. The molecule has 31 heavy (non-hydrogen) atoms. The highest BCUT2D eigenvalue weighted by Gasteiger charge is 2.53. The van der Waals surface area contributed by atoms with Crippen molar-refractivity contribution in [3.05, 3.63) is 35.9 Å². The van der Waals surface area contributed by atoms with E-state index in [0.717, 1.165) is 26.3 Å². The number of ether oxygens (including phenoxy) is 6. The number of benzene rings is 1. The molecule has 1 aliphatic heterocycles. The quantitative estimate of drug-likeness (QED) is 0.433. The Bertz CT molecular complexity index is 778. The first kappa shape index (κ1) is 24.3. The molecule has 0 aliphatic carbocycles. The lowest BCUT2D eigenvalue weighted by molar-refractivity contribution is -0.301. The number of carbonyl (C=O) groups excluding carboxylic acids is 4. The van der Waals surface area contributed by atoms with Crippen molar-refractivity contribution < 1.29 is 47.6 Å². The van der Waals surface area contributed by atoms with E-state index in [1.165, 1.54) is 6.92 Å². The van der Waals surface area contributed by atoms with Gasteiger partial charge in [0.2, 0.25) is 12.4 Å². The number of carbonyl (C=O) groups is 4. The molecule has 3 unspecified atom stereocenters. The number of hydrogen-bond acceptors (Lipinski definition) is 10. The zero-order chi connectivity index (χ0) is 23.0. The van der Waals surface area contributed by atoms with Crippen molar-refractivity contribution >= 4 is 23.9 Å². The van der Waals surface area contributed by atoms with Crippen LogP contribution in [-0.2, 0) is 54.2 Å². The standard InChI is InChI=1S/C21H26O10/c1-12(22)27-18-17(11-26-10-16-8-6-5-7-9-16)31-21(30-15(4)25)20(29-14(3)24)19(18)28-13(2)23/h5-9,17-21H,10-11H2,1-4H3/t17-,18+,19?,20?,21?/m0/s1. The fourth-order valence-corrected chi connectivity index (χ4v) is 3.11. The molecule has 0 amide bonds. The van der Waals surface area contributed by atoms with Gasteiger partial charge >= 0.3 is 23.9 Å². The van der Waals surface area contributed by atoms with Crippen LogP contribution in [0.4, 0.5) is 0 Å². The molecule has 1 heterocycles. The van der Waals surface area contributed by atoms with Crippen LogP contribution in [0.25, 0.3) is 0 Å². The first-order valence-corrected chi connectivity index (χ1v) is 9.63. The van der Waals surface area contributed by atoms with E-state index in [0.29, 0.717) is 0 Å². The Labute approximate surface area is 179 Å². The average molecular weight is 438 g/mol. The Morgan fingerprint density at radius 1 is 0.742 bits per heavy atom. The second-order valence-corrected chi connectivity index (χ2v) is 6.88. The van der Waals surface area contributed by atoms with Gasteiger partial charge in [-0.15, -0.1) is 0 Å². The van der Waals surface area contributed by atoms with Gasteiger partial charge in [-0.25, -0.2) is 0 Å². The van der Waals surface area contributed by atoms with Crippen molar-refractivity contribution in [3.63, 3.8) is 0 Å². The zero-order valence-corrected chi connectivity index (χ0v) is 17.8. The van der Waals surface area contributed by atoms with Gasteiger partial charge in [0.1, 0.15) is 6.10 Å². The second-order valence-electron chi connectivity index (χ2n) is 6.88. The van der Waals surface area contributed by atoms with Gasteiger partial charge in [0.25, 0.3) is 0 Å². The van der Waals surface area contributed by atoms with Crippen LogP contribution in [0.5, 0.6) is 0 Å². The van der Waals surface area contributed by atoms with Crippen LogP contribution >= 0.6 is 0 Å². The van der Waals surface area contributed by atoms with Crippen molar-refractivity contribution in [2.75, 3.05) is 6.61 Å². The molecule has 10 heteroatoms. The smallest absolute Gasteiger partial charge is 0.305 e. The van der Waals surface area contributed by atoms with Crippen LogP contribution in [0.1, 0.15) is 33.3 Å². The normalized spacial score (nSPS) is 25.2. The summed E-state index contributed by atoms with van der Waals surface area (Å²) in [7, 11) is 0. The third-order valence-electron chi connectivity index (χ3n) is 4.17. The summed E-state index contributed by atoms with van der Waals surface area (Å²) in [5.41, 5.74) is 0.896. The maximum absolute atomic E-state index is 11.7. The van der Waals surface area contributed by atoms with Gasteiger partial charge in [-0.3, -0.25) is 19.2 Å². The van der Waals surface area contributed by atoms with Crippen LogP contribution in [0.3, 0.4) is 0 Å². The molecular formula is C21H26O10. The first-order valence-electron chi connectivity index (χ1n) is 9.63. The lowest BCUT2D eigenvalue weighted by atomic mass is 9.98. The largest absolute Gasteiger partial charge is 0.456 e. The summed E-state index contributed by atoms with van der Waals surface area (Å²) in [5.74, 6) is -2.83. The first-order chi connectivity index (χ1) is 14.7. The highest BCUT2D eigenvalue weighted by Crippen LogP contribution is 2.30. The Morgan fingerprint density at radius 2 is 1.26 bits per heavy atom. The summed E-state index contributed by atoms with van der Waals surface area (Å²) >= 11 is 0. The van der Waals surface area contributed by atoms with E-state index in [1.807, 2.05) is 30.3 Å². The zero-order valence-electron chi connectivity index (χ0n) is 17.8. The van der Waals surface area contributed by atoms with Crippen molar-refractivity contribution in [1.82, 2.24) is 0 Å². The van der Waals surface area contributed by atoms with Gasteiger partial charge in [-0.05, 0) is 5.56 Å². The van der Waals surface area contributed by atoms with Gasteiger partial charge in [0.15, 0.2) is 12.2 Å². The van der Waals surface area contributed by atoms with E-state index in [2.05, 4.69) is 0 Å². The topological polar surface area (TPSA) is 124 Å². The molecular weight excluding hydrogens is 412 g/mol. The van der Waals surface area contributed by atoms with Crippen molar-refractivity contribution in [2.45, 2.75) is 65.0 Å². The van der Waals surface area contributed by atoms with Crippen molar-refractivity contribution in [1.29, 1.82) is 0 Å². The summed E-state index contributed by atoms with van der Waals surface area (Å²) in [6, 6.07) is 9.31. The molecule has 1 fully saturated rings. The van der Waals surface area contributed by atoms with Gasteiger partial charge < -0.3 is 28.4 Å². The molecule has 0 spiro atoms. The minimum absolute atomic E-state index is 0.0881. The maximum Gasteiger partial charge on any atom is 0.305 e. The number of rotatable bonds is 8. The monoisotopic (exact) mass is 438 g/mol. The molecule has 0 N–H and O–H groups in total. The molecule has 1 aromatic rings. The molecule has 0 radical (unpaired) electrons. The molecule has 2 rings (SSSR count). The third kappa shape index (κ3) is 7.65. The van der Waals surface area contributed by atoms with Crippen LogP contribution in [0.2, 0.25) is 0 Å². The summed E-state index contributed by atoms with van der Waals surface area (Å²) in [4.78, 5) is 46.6. The summed E-state index contributed by atoms with van der Waals surface area (Å²) in [6.45, 7) is 4.74. The van der Waals surface area contributed by atoms with Gasteiger partial charge in [-0.2, -0.15) is 0 Å². The minimum Gasteiger partial charge on any atom is -0.456 e. The summed E-state index contributed by atoms with van der Waals surface area (Å²) in [6.07, 6.45) is -6.18. The highest BCUT2D eigenvalue weighted by molar-refractivity contribution is 5.69. The maximum atomic E-state index is 11.7. The summed E-state index contributed by atoms with van der Waals surface area (Å²) < 4.78 is 32.4. The van der Waals surface area contributed by atoms with E-state index >= 15 is 0 Å². The van der Waals surface area contributed by atoms with Crippen LogP contribution in [0.15, 0.2) is 30.3 Å². The van der Waals surface area contributed by atoms with E-state index in [-0.39, 0.29) is 13.2 Å². The molecule has 1 aliphatic rings. The number of hydrogen-bond donors (Lipinski definition) is 0. The van der Waals surface area contributed by atoms with Crippen LogP contribution in [0, 0.1) is 0 Å². The molecule has 5 atom stereocenters. The molecule has 170 valence electrons. The predicted molar refractivity (Wildman–Crippen MR) is 103 cm³/mol. The Balaban J connectivity index is 2.28. The Kier molecular flexibility index (Phi) is 8.95. The van der Waals surface area contributed by atoms with Crippen molar-refractivity contribution in [2.24, 2.45) is 0 Å². The second kappa shape index (κ2) is 11.4. The van der Waals surface area contributed by atoms with Crippen LogP contribution in [-0.4, -0.2) is 61.2 Å². The number of esters is 4. The average Bonchev–Trinajstić information content (AvgIpc) is 2.66. The molecule has 0 bridgehead atoms. The van der Waals surface area contributed by atoms with Crippen LogP contribution < -0.4 is 0 Å². The summed E-state index contributed by atoms with van der Waals surface area (Å²) in [5, 5.41) is 0. The van der Waals surface area contributed by atoms with Crippen molar-refractivity contribution in [3.8, 4) is 0 Å². The van der Waals surface area contributed by atoms with E-state index in [9.17, 15) is 19.2 Å². The van der Waals surface area contributed by atoms with Gasteiger partial charge in [0, 0.05) is 27.7 Å². The SMILES string of the molecule is CC(=O)OC1O[C@@H](COCc2ccccc2)[C@@H](OC(C)=O)C(OC(C)=O)C1OC(C)=O. The molecule has 1 saturated heterocycles. The lowest BCUT2D eigenvalue weighted by Gasteiger charge is -2.43. The van der Waals surface area contributed by atoms with Gasteiger partial charge in [-0.1, -0.05) is 30.3 Å². The molecule has 10 nitrogen and oxygen atoms in total. The van der Waals surface area contributed by atoms with Gasteiger partial charge in [0.05, 0.1) is 13.2 Å². The third-order valence-corrected chi connectivity index (χ3v) is 4.17. The fraction of sp³-hybridized carbons (Fsp3) is 0.524. The van der Waals surface area contributed by atoms with E-state index in [1.54, 1.807) is 0 Å². The Morgan fingerprint density at radius 3 is 1.81 bits per heavy atom.